The highest BCUT2D eigenvalue weighted by Gasteiger charge is 2.36. The Kier molecular flexibility index (Phi) is 5.03. The van der Waals surface area contributed by atoms with E-state index >= 15 is 0 Å². The van der Waals surface area contributed by atoms with Gasteiger partial charge >= 0.3 is 5.69 Å². The summed E-state index contributed by atoms with van der Waals surface area (Å²) < 4.78 is 28.7. The molecule has 2 unspecified atom stereocenters. The molecule has 1 aliphatic rings. The predicted octanol–water partition coefficient (Wildman–Crippen LogP) is 2.72. The van der Waals surface area contributed by atoms with Gasteiger partial charge in [0.25, 0.3) is 0 Å². The molecular formula is C14H16ClF2N3O3. The van der Waals surface area contributed by atoms with Crippen LogP contribution in [0.4, 0.5) is 20.2 Å². The number of nitro benzene ring substituents is 1. The molecule has 0 radical (unpaired) electrons. The number of amides is 1. The molecule has 2 rings (SSSR count). The van der Waals surface area contributed by atoms with Crippen molar-refractivity contribution >= 4 is 28.9 Å². The first kappa shape index (κ1) is 17.4. The summed E-state index contributed by atoms with van der Waals surface area (Å²) in [6, 6.07) is 0.0589. The SMILES string of the molecule is CC(=O)NC1CCN(c2c(F)cc([N+](=O)[O-])c(F)c2CCl)C1C. The van der Waals surface area contributed by atoms with Gasteiger partial charge in [-0.25, -0.2) is 4.39 Å². The van der Waals surface area contributed by atoms with Gasteiger partial charge in [-0.2, -0.15) is 4.39 Å². The van der Waals surface area contributed by atoms with E-state index < -0.39 is 28.1 Å². The van der Waals surface area contributed by atoms with E-state index in [4.69, 9.17) is 11.6 Å². The Balaban J connectivity index is 2.46. The summed E-state index contributed by atoms with van der Waals surface area (Å²) in [6.07, 6.45) is 0.556. The van der Waals surface area contributed by atoms with E-state index in [0.717, 1.165) is 0 Å². The number of benzene rings is 1. The van der Waals surface area contributed by atoms with E-state index in [1.807, 2.05) is 0 Å². The van der Waals surface area contributed by atoms with E-state index in [1.165, 1.54) is 6.92 Å². The molecule has 126 valence electrons. The van der Waals surface area contributed by atoms with Gasteiger partial charge in [-0.3, -0.25) is 14.9 Å². The minimum atomic E-state index is -1.13. The van der Waals surface area contributed by atoms with Gasteiger partial charge in [-0.15, -0.1) is 11.6 Å². The predicted molar refractivity (Wildman–Crippen MR) is 81.6 cm³/mol. The Morgan fingerprint density at radius 1 is 1.57 bits per heavy atom. The number of halogens is 3. The summed E-state index contributed by atoms with van der Waals surface area (Å²) in [5.41, 5.74) is -1.26. The molecule has 1 amide bonds. The fourth-order valence-corrected chi connectivity index (χ4v) is 3.17. The maximum Gasteiger partial charge on any atom is 0.308 e. The number of nitrogens with one attached hydrogen (secondary N) is 1. The summed E-state index contributed by atoms with van der Waals surface area (Å²) in [7, 11) is 0. The lowest BCUT2D eigenvalue weighted by atomic mass is 10.1. The average Bonchev–Trinajstić information content (AvgIpc) is 2.80. The number of carbonyl (C=O) groups excluding carboxylic acids is 1. The lowest BCUT2D eigenvalue weighted by molar-refractivity contribution is -0.387. The van der Waals surface area contributed by atoms with Crippen LogP contribution in [0.5, 0.6) is 0 Å². The summed E-state index contributed by atoms with van der Waals surface area (Å²) in [4.78, 5) is 22.6. The lowest BCUT2D eigenvalue weighted by Crippen LogP contribution is -2.43. The molecule has 0 aliphatic carbocycles. The lowest BCUT2D eigenvalue weighted by Gasteiger charge is -2.29. The van der Waals surface area contributed by atoms with Crippen molar-refractivity contribution in [3.63, 3.8) is 0 Å². The van der Waals surface area contributed by atoms with Crippen LogP contribution in [0.25, 0.3) is 0 Å². The molecule has 23 heavy (non-hydrogen) atoms. The molecule has 2 atom stereocenters. The number of carbonyl (C=O) groups is 1. The molecule has 0 aromatic heterocycles. The Bertz CT molecular complexity index is 657. The van der Waals surface area contributed by atoms with Crippen LogP contribution >= 0.6 is 11.6 Å². The highest BCUT2D eigenvalue weighted by Crippen LogP contribution is 2.37. The van der Waals surface area contributed by atoms with Gasteiger partial charge in [0.1, 0.15) is 0 Å². The van der Waals surface area contributed by atoms with Crippen LogP contribution in [0.3, 0.4) is 0 Å². The molecule has 1 aliphatic heterocycles. The zero-order chi connectivity index (χ0) is 17.3. The van der Waals surface area contributed by atoms with Crippen LogP contribution in [-0.4, -0.2) is 29.5 Å². The molecule has 9 heteroatoms. The number of hydrogen-bond donors (Lipinski definition) is 1. The van der Waals surface area contributed by atoms with Crippen molar-refractivity contribution < 1.29 is 18.5 Å². The van der Waals surface area contributed by atoms with Crippen molar-refractivity contribution in [1.29, 1.82) is 0 Å². The van der Waals surface area contributed by atoms with Crippen molar-refractivity contribution in [2.45, 2.75) is 38.2 Å². The summed E-state index contributed by atoms with van der Waals surface area (Å²) in [6.45, 7) is 3.53. The first-order valence-corrected chi connectivity index (χ1v) is 7.56. The summed E-state index contributed by atoms with van der Waals surface area (Å²) in [5.74, 6) is -2.63. The first-order valence-electron chi connectivity index (χ1n) is 7.02. The summed E-state index contributed by atoms with van der Waals surface area (Å²) in [5, 5.41) is 13.6. The molecule has 0 saturated carbocycles. The molecular weight excluding hydrogens is 332 g/mol. The molecule has 1 N–H and O–H groups in total. The molecule has 6 nitrogen and oxygen atoms in total. The summed E-state index contributed by atoms with van der Waals surface area (Å²) >= 11 is 5.71. The number of anilines is 1. The fourth-order valence-electron chi connectivity index (χ4n) is 2.93. The normalized spacial score (nSPS) is 20.7. The number of rotatable bonds is 4. The van der Waals surface area contributed by atoms with Crippen LogP contribution in [0.15, 0.2) is 6.07 Å². The minimum Gasteiger partial charge on any atom is -0.364 e. The molecule has 1 aromatic rings. The third-order valence-corrected chi connectivity index (χ3v) is 4.29. The molecule has 1 aromatic carbocycles. The molecule has 0 bridgehead atoms. The fraction of sp³-hybridized carbons (Fsp3) is 0.500. The highest BCUT2D eigenvalue weighted by molar-refractivity contribution is 6.17. The Hall–Kier alpha value is -1.96. The van der Waals surface area contributed by atoms with Crippen molar-refractivity contribution in [1.82, 2.24) is 5.32 Å². The van der Waals surface area contributed by atoms with Gasteiger partial charge in [0.2, 0.25) is 11.7 Å². The standard InChI is InChI=1S/C14H16ClF2N3O3/c1-7-11(18-8(2)21)3-4-19(7)14-9(6-15)13(17)12(20(22)23)5-10(14)16/h5,7,11H,3-4,6H2,1-2H3,(H,18,21). The molecule has 1 fully saturated rings. The van der Waals surface area contributed by atoms with Crippen LogP contribution in [0.1, 0.15) is 25.8 Å². The third kappa shape index (κ3) is 3.21. The van der Waals surface area contributed by atoms with Crippen LogP contribution < -0.4 is 10.2 Å². The first-order chi connectivity index (χ1) is 10.8. The van der Waals surface area contributed by atoms with E-state index in [-0.39, 0.29) is 29.2 Å². The van der Waals surface area contributed by atoms with Crippen molar-refractivity contribution in [2.24, 2.45) is 0 Å². The van der Waals surface area contributed by atoms with Gasteiger partial charge in [0.05, 0.1) is 28.6 Å². The molecule has 1 heterocycles. The minimum absolute atomic E-state index is 0.0801. The van der Waals surface area contributed by atoms with Gasteiger partial charge in [0.15, 0.2) is 5.82 Å². The van der Waals surface area contributed by atoms with E-state index in [1.54, 1.807) is 11.8 Å². The zero-order valence-electron chi connectivity index (χ0n) is 12.6. The average molecular weight is 348 g/mol. The van der Waals surface area contributed by atoms with Gasteiger partial charge in [-0.05, 0) is 13.3 Å². The second kappa shape index (κ2) is 6.66. The van der Waals surface area contributed by atoms with Crippen LogP contribution in [0, 0.1) is 21.7 Å². The quantitative estimate of drug-likeness (QED) is 0.516. The van der Waals surface area contributed by atoms with E-state index in [2.05, 4.69) is 5.32 Å². The Morgan fingerprint density at radius 3 is 2.74 bits per heavy atom. The van der Waals surface area contributed by atoms with E-state index in [0.29, 0.717) is 19.0 Å². The number of hydrogen-bond acceptors (Lipinski definition) is 4. The number of nitro groups is 1. The largest absolute Gasteiger partial charge is 0.364 e. The number of alkyl halides is 1. The topological polar surface area (TPSA) is 75.5 Å². The van der Waals surface area contributed by atoms with Gasteiger partial charge < -0.3 is 10.2 Å². The number of nitrogens with zero attached hydrogens (tertiary/aromatic N) is 2. The maximum atomic E-state index is 14.4. The monoisotopic (exact) mass is 347 g/mol. The van der Waals surface area contributed by atoms with Crippen LogP contribution in [-0.2, 0) is 10.7 Å². The molecule has 1 saturated heterocycles. The van der Waals surface area contributed by atoms with Crippen molar-refractivity contribution in [2.75, 3.05) is 11.4 Å². The molecule has 0 spiro atoms. The van der Waals surface area contributed by atoms with Crippen LogP contribution in [0.2, 0.25) is 0 Å². The van der Waals surface area contributed by atoms with E-state index in [9.17, 15) is 23.7 Å². The smallest absolute Gasteiger partial charge is 0.308 e. The second-order valence-corrected chi connectivity index (χ2v) is 5.71. The third-order valence-electron chi connectivity index (χ3n) is 4.03. The Labute approximate surface area is 136 Å². The van der Waals surface area contributed by atoms with Gasteiger partial charge in [0, 0.05) is 25.1 Å². The highest BCUT2D eigenvalue weighted by atomic mass is 35.5. The second-order valence-electron chi connectivity index (χ2n) is 5.44. The van der Waals surface area contributed by atoms with Crippen molar-refractivity contribution in [3.05, 3.63) is 33.4 Å². The Morgan fingerprint density at radius 2 is 2.22 bits per heavy atom. The zero-order valence-corrected chi connectivity index (χ0v) is 13.4. The maximum absolute atomic E-state index is 14.4. The van der Waals surface area contributed by atoms with Crippen molar-refractivity contribution in [3.8, 4) is 0 Å². The van der Waals surface area contributed by atoms with Gasteiger partial charge in [-0.1, -0.05) is 0 Å².